The first-order chi connectivity index (χ1) is 6.97. The Morgan fingerprint density at radius 2 is 1.25 bits per heavy atom. The van der Waals surface area contributed by atoms with Crippen LogP contribution in [0.1, 0.15) is 13.8 Å². The van der Waals surface area contributed by atoms with Crippen molar-refractivity contribution in [2.24, 2.45) is 10.8 Å². The molecule has 0 bridgehead atoms. The maximum absolute atomic E-state index is 11.8. The lowest BCUT2D eigenvalue weighted by Gasteiger charge is -2.34. The van der Waals surface area contributed by atoms with Crippen molar-refractivity contribution < 1.29 is 16.8 Å². The van der Waals surface area contributed by atoms with E-state index in [1.165, 1.54) is 0 Å². The van der Waals surface area contributed by atoms with Crippen LogP contribution in [0.2, 0.25) is 0 Å². The molecule has 0 N–H and O–H groups in total. The average molecular weight is 307 g/mol. The number of fused-ring (bicyclic) bond motifs is 1. The Kier molecular flexibility index (Phi) is 2.49. The van der Waals surface area contributed by atoms with Gasteiger partial charge in [-0.3, -0.25) is 0 Å². The molecule has 0 aromatic rings. The van der Waals surface area contributed by atoms with Gasteiger partial charge in [0.1, 0.15) is 9.42 Å². The van der Waals surface area contributed by atoms with Crippen molar-refractivity contribution in [2.45, 2.75) is 23.3 Å². The molecule has 0 amide bonds. The highest BCUT2D eigenvalue weighted by molar-refractivity contribution is 7.95. The molecule has 0 unspecified atom stereocenters. The molecule has 2 atom stereocenters. The van der Waals surface area contributed by atoms with Crippen molar-refractivity contribution in [1.29, 1.82) is 0 Å². The van der Waals surface area contributed by atoms with Gasteiger partial charge < -0.3 is 0 Å². The van der Waals surface area contributed by atoms with Crippen molar-refractivity contribution in [1.82, 2.24) is 0 Å². The van der Waals surface area contributed by atoms with Crippen LogP contribution in [-0.2, 0) is 19.7 Å². The lowest BCUT2D eigenvalue weighted by Crippen LogP contribution is -2.41. The second kappa shape index (κ2) is 3.08. The molecule has 2 aliphatic heterocycles. The van der Waals surface area contributed by atoms with E-state index in [9.17, 15) is 16.8 Å². The van der Waals surface area contributed by atoms with Crippen molar-refractivity contribution in [3.8, 4) is 0 Å². The Morgan fingerprint density at radius 3 is 1.50 bits per heavy atom. The maximum atomic E-state index is 11.8. The molecule has 2 rings (SSSR count). The van der Waals surface area contributed by atoms with Gasteiger partial charge in [0.2, 0.25) is 0 Å². The molecule has 0 aromatic heterocycles. The lowest BCUT2D eigenvalue weighted by molar-refractivity contribution is 0.189. The van der Waals surface area contributed by atoms with Gasteiger partial charge in [-0.1, -0.05) is 13.8 Å². The van der Waals surface area contributed by atoms with Gasteiger partial charge in [-0.2, -0.15) is 0 Å². The Bertz CT molecular complexity index is 494. The van der Waals surface area contributed by atoms with Gasteiger partial charge in [0.15, 0.2) is 19.7 Å². The fourth-order valence-electron chi connectivity index (χ4n) is 2.78. The topological polar surface area (TPSA) is 68.3 Å². The van der Waals surface area contributed by atoms with Crippen molar-refractivity contribution >= 4 is 42.9 Å². The summed E-state index contributed by atoms with van der Waals surface area (Å²) >= 11 is 11.8. The first kappa shape index (κ1) is 12.9. The maximum Gasteiger partial charge on any atom is 0.168 e. The van der Waals surface area contributed by atoms with E-state index in [0.717, 1.165) is 0 Å². The van der Waals surface area contributed by atoms with Crippen LogP contribution in [-0.4, -0.2) is 37.8 Å². The largest absolute Gasteiger partial charge is 0.227 e. The molecule has 94 valence electrons. The van der Waals surface area contributed by atoms with Gasteiger partial charge in [-0.15, -0.1) is 23.2 Å². The molecule has 0 saturated carbocycles. The minimum absolute atomic E-state index is 0.215. The third kappa shape index (κ3) is 1.27. The van der Waals surface area contributed by atoms with Gasteiger partial charge in [0.05, 0.1) is 11.5 Å². The van der Waals surface area contributed by atoms with Gasteiger partial charge in [-0.05, 0) is 0 Å². The minimum Gasteiger partial charge on any atom is -0.227 e. The molecule has 4 nitrogen and oxygen atoms in total. The third-order valence-corrected chi connectivity index (χ3v) is 10.8. The molecular weight excluding hydrogens is 295 g/mol. The van der Waals surface area contributed by atoms with Crippen LogP contribution in [0.4, 0.5) is 0 Å². The van der Waals surface area contributed by atoms with Gasteiger partial charge in [0.25, 0.3) is 0 Å². The summed E-state index contributed by atoms with van der Waals surface area (Å²) in [6, 6.07) is 0. The zero-order valence-corrected chi connectivity index (χ0v) is 11.9. The zero-order chi connectivity index (χ0) is 12.6. The first-order valence-corrected chi connectivity index (χ1v) is 8.99. The van der Waals surface area contributed by atoms with Crippen molar-refractivity contribution in [3.63, 3.8) is 0 Å². The van der Waals surface area contributed by atoms with Crippen molar-refractivity contribution in [3.05, 3.63) is 0 Å². The third-order valence-electron chi connectivity index (χ3n) is 3.91. The molecule has 2 heterocycles. The lowest BCUT2D eigenvalue weighted by atomic mass is 9.70. The quantitative estimate of drug-likeness (QED) is 0.626. The zero-order valence-electron chi connectivity index (χ0n) is 8.77. The molecule has 2 saturated heterocycles. The predicted octanol–water partition coefficient (Wildman–Crippen LogP) is 0.986. The molecule has 2 fully saturated rings. The molecule has 0 aliphatic carbocycles. The second-order valence-electron chi connectivity index (χ2n) is 5.09. The SMILES string of the molecule is CC12CS(=O)(=O)[C@H](Cl)C1(C)[C@@H](Cl)S(=O)(=O)C2. The monoisotopic (exact) mass is 306 g/mol. The Balaban J connectivity index is 2.70. The summed E-state index contributed by atoms with van der Waals surface area (Å²) in [5.74, 6) is -0.430. The van der Waals surface area contributed by atoms with Gasteiger partial charge in [0, 0.05) is 10.8 Å². The summed E-state index contributed by atoms with van der Waals surface area (Å²) in [5.41, 5.74) is -2.00. The number of hydrogen-bond acceptors (Lipinski definition) is 4. The number of hydrogen-bond donors (Lipinski definition) is 0. The van der Waals surface area contributed by atoms with Gasteiger partial charge >= 0.3 is 0 Å². The van der Waals surface area contributed by atoms with E-state index in [2.05, 4.69) is 0 Å². The van der Waals surface area contributed by atoms with E-state index in [1.807, 2.05) is 0 Å². The molecule has 2 aliphatic rings. The van der Waals surface area contributed by atoms with Crippen LogP contribution < -0.4 is 0 Å². The Morgan fingerprint density at radius 1 is 0.938 bits per heavy atom. The molecule has 0 aromatic carbocycles. The predicted molar refractivity (Wildman–Crippen MR) is 63.1 cm³/mol. The summed E-state index contributed by atoms with van der Waals surface area (Å²) in [5, 5.41) is 0. The minimum atomic E-state index is -3.47. The molecule has 0 spiro atoms. The van der Waals surface area contributed by atoms with E-state index in [-0.39, 0.29) is 11.5 Å². The second-order valence-corrected chi connectivity index (χ2v) is 10.7. The van der Waals surface area contributed by atoms with Crippen LogP contribution in [0.3, 0.4) is 0 Å². The van der Waals surface area contributed by atoms with Crippen LogP contribution >= 0.6 is 23.2 Å². The van der Waals surface area contributed by atoms with Crippen molar-refractivity contribution in [2.75, 3.05) is 11.5 Å². The van der Waals surface area contributed by atoms with E-state index >= 15 is 0 Å². The molecular formula is C8H12Cl2O4S2. The summed E-state index contributed by atoms with van der Waals surface area (Å²) < 4.78 is 44.6. The molecule has 8 heteroatoms. The molecule has 16 heavy (non-hydrogen) atoms. The average Bonchev–Trinajstić information content (AvgIpc) is 2.30. The van der Waals surface area contributed by atoms with E-state index in [1.54, 1.807) is 13.8 Å². The number of rotatable bonds is 0. The number of alkyl halides is 2. The van der Waals surface area contributed by atoms with E-state index < -0.39 is 39.9 Å². The van der Waals surface area contributed by atoms with Crippen LogP contribution in [0.5, 0.6) is 0 Å². The highest BCUT2D eigenvalue weighted by atomic mass is 35.5. The smallest absolute Gasteiger partial charge is 0.168 e. The number of sulfone groups is 2. The summed E-state index contributed by atoms with van der Waals surface area (Å²) in [7, 11) is -6.94. The highest BCUT2D eigenvalue weighted by Gasteiger charge is 2.72. The Labute approximate surface area is 105 Å². The summed E-state index contributed by atoms with van der Waals surface area (Å²) in [6.07, 6.45) is 0. The molecule has 0 radical (unpaired) electrons. The van der Waals surface area contributed by atoms with E-state index in [4.69, 9.17) is 23.2 Å². The number of halogens is 2. The fraction of sp³-hybridized carbons (Fsp3) is 1.00. The standard InChI is InChI=1S/C8H12Cl2O4S2/c1-7-3-15(11,12)5(9)8(7,2)6(10)16(13,14)4-7/h5-6H,3-4H2,1-2H3/t5-,6-,7?,8?/m0/s1. The van der Waals surface area contributed by atoms with Crippen LogP contribution in [0.25, 0.3) is 0 Å². The van der Waals surface area contributed by atoms with Crippen LogP contribution in [0.15, 0.2) is 0 Å². The van der Waals surface area contributed by atoms with Crippen LogP contribution in [0, 0.1) is 10.8 Å². The normalized spacial score (nSPS) is 53.8. The fourth-order valence-corrected chi connectivity index (χ4v) is 9.60. The first-order valence-electron chi connectivity index (χ1n) is 4.69. The summed E-state index contributed by atoms with van der Waals surface area (Å²) in [6.45, 7) is 3.18. The van der Waals surface area contributed by atoms with Gasteiger partial charge in [-0.25, -0.2) is 16.8 Å². The Hall–Kier alpha value is 0.480. The van der Waals surface area contributed by atoms with E-state index in [0.29, 0.717) is 0 Å². The summed E-state index contributed by atoms with van der Waals surface area (Å²) in [4.78, 5) is 0. The highest BCUT2D eigenvalue weighted by Crippen LogP contribution is 2.63.